The molecule has 0 bridgehead atoms. The molecule has 0 unspecified atom stereocenters. The largest absolute Gasteiger partial charge is 0.496 e. The quantitative estimate of drug-likeness (QED) is 0.796. The second-order valence-corrected chi connectivity index (χ2v) is 4.61. The number of hydrogen-bond donors (Lipinski definition) is 0. The smallest absolute Gasteiger partial charge is 0.184 e. The molecular weight excluding hydrogens is 230 g/mol. The molecular formula is C11H10ClNOS. The summed E-state index contributed by atoms with van der Waals surface area (Å²) in [5, 5.41) is 1.95. The number of aryl methyl sites for hydroxylation is 1. The van der Waals surface area contributed by atoms with E-state index in [0.29, 0.717) is 4.47 Å². The van der Waals surface area contributed by atoms with Crippen LogP contribution in [-0.2, 0) is 0 Å². The zero-order valence-electron chi connectivity index (χ0n) is 8.45. The lowest BCUT2D eigenvalue weighted by molar-refractivity contribution is 0.412. The third-order valence-electron chi connectivity index (χ3n) is 2.17. The van der Waals surface area contributed by atoms with Crippen LogP contribution in [0.3, 0.4) is 0 Å². The molecule has 2 rings (SSSR count). The van der Waals surface area contributed by atoms with E-state index in [1.54, 1.807) is 7.11 Å². The van der Waals surface area contributed by atoms with Crippen molar-refractivity contribution in [2.45, 2.75) is 6.92 Å². The molecule has 0 radical (unpaired) electrons. The zero-order valence-corrected chi connectivity index (χ0v) is 10.0. The number of thiazole rings is 1. The maximum Gasteiger partial charge on any atom is 0.184 e. The van der Waals surface area contributed by atoms with Crippen LogP contribution in [0.15, 0.2) is 23.6 Å². The number of hydrogen-bond acceptors (Lipinski definition) is 3. The standard InChI is InChI=1S/C11H10ClNOS/c1-7-5-8(3-4-10(7)14-2)9-6-15-11(12)13-9/h3-6H,1-2H3. The van der Waals surface area contributed by atoms with Crippen molar-refractivity contribution in [3.63, 3.8) is 0 Å². The van der Waals surface area contributed by atoms with E-state index in [2.05, 4.69) is 4.98 Å². The van der Waals surface area contributed by atoms with E-state index in [4.69, 9.17) is 16.3 Å². The first-order valence-electron chi connectivity index (χ1n) is 4.47. The molecule has 4 heteroatoms. The van der Waals surface area contributed by atoms with Gasteiger partial charge in [-0.3, -0.25) is 0 Å². The number of nitrogens with zero attached hydrogens (tertiary/aromatic N) is 1. The highest BCUT2D eigenvalue weighted by Gasteiger charge is 2.05. The van der Waals surface area contributed by atoms with Crippen LogP contribution in [-0.4, -0.2) is 12.1 Å². The zero-order chi connectivity index (χ0) is 10.8. The fraction of sp³-hybridized carbons (Fsp3) is 0.182. The molecule has 0 aliphatic heterocycles. The molecule has 0 saturated carbocycles. The summed E-state index contributed by atoms with van der Waals surface area (Å²) >= 11 is 7.23. The number of ether oxygens (including phenoxy) is 1. The van der Waals surface area contributed by atoms with Crippen LogP contribution in [0.4, 0.5) is 0 Å². The van der Waals surface area contributed by atoms with Gasteiger partial charge in [0.05, 0.1) is 12.8 Å². The first-order valence-corrected chi connectivity index (χ1v) is 5.72. The average Bonchev–Trinajstić information content (AvgIpc) is 2.65. The number of rotatable bonds is 2. The lowest BCUT2D eigenvalue weighted by atomic mass is 10.1. The predicted molar refractivity (Wildman–Crippen MR) is 63.8 cm³/mol. The van der Waals surface area contributed by atoms with Crippen molar-refractivity contribution in [1.82, 2.24) is 4.98 Å². The molecule has 1 aromatic heterocycles. The molecule has 0 aliphatic carbocycles. The van der Waals surface area contributed by atoms with Crippen molar-refractivity contribution >= 4 is 22.9 Å². The summed E-state index contributed by atoms with van der Waals surface area (Å²) in [6.07, 6.45) is 0. The SMILES string of the molecule is COc1ccc(-c2csc(Cl)n2)cc1C. The van der Waals surface area contributed by atoms with Gasteiger partial charge in [-0.25, -0.2) is 4.98 Å². The lowest BCUT2D eigenvalue weighted by Gasteiger charge is -2.05. The minimum atomic E-state index is 0.568. The van der Waals surface area contributed by atoms with Gasteiger partial charge in [0.2, 0.25) is 0 Å². The van der Waals surface area contributed by atoms with Gasteiger partial charge in [0, 0.05) is 10.9 Å². The summed E-state index contributed by atoms with van der Waals surface area (Å²) in [5.74, 6) is 0.889. The van der Waals surface area contributed by atoms with Crippen LogP contribution in [0.1, 0.15) is 5.56 Å². The fourth-order valence-electron chi connectivity index (χ4n) is 1.42. The van der Waals surface area contributed by atoms with Gasteiger partial charge in [-0.1, -0.05) is 11.6 Å². The number of methoxy groups -OCH3 is 1. The Hall–Kier alpha value is -1.06. The van der Waals surface area contributed by atoms with Crippen molar-refractivity contribution in [3.8, 4) is 17.0 Å². The van der Waals surface area contributed by atoms with E-state index < -0.39 is 0 Å². The third kappa shape index (κ3) is 2.13. The Morgan fingerprint density at radius 3 is 2.73 bits per heavy atom. The minimum absolute atomic E-state index is 0.568. The van der Waals surface area contributed by atoms with Gasteiger partial charge in [-0.2, -0.15) is 0 Å². The summed E-state index contributed by atoms with van der Waals surface area (Å²) in [6.45, 7) is 2.01. The highest BCUT2D eigenvalue weighted by atomic mass is 35.5. The van der Waals surface area contributed by atoms with Crippen LogP contribution >= 0.6 is 22.9 Å². The maximum atomic E-state index is 5.79. The Labute approximate surface area is 97.5 Å². The Morgan fingerprint density at radius 2 is 2.20 bits per heavy atom. The van der Waals surface area contributed by atoms with Gasteiger partial charge in [0.15, 0.2) is 4.47 Å². The molecule has 2 nitrogen and oxygen atoms in total. The summed E-state index contributed by atoms with van der Waals surface area (Å²) in [4.78, 5) is 4.22. The summed E-state index contributed by atoms with van der Waals surface area (Å²) < 4.78 is 5.77. The molecule has 0 aliphatic rings. The van der Waals surface area contributed by atoms with Crippen molar-refractivity contribution in [1.29, 1.82) is 0 Å². The molecule has 1 aromatic carbocycles. The lowest BCUT2D eigenvalue weighted by Crippen LogP contribution is -1.87. The Bertz CT molecular complexity index is 481. The van der Waals surface area contributed by atoms with Crippen LogP contribution in [0.2, 0.25) is 4.47 Å². The van der Waals surface area contributed by atoms with Crippen molar-refractivity contribution in [2.24, 2.45) is 0 Å². The molecule has 0 atom stereocenters. The first-order chi connectivity index (χ1) is 7.20. The number of aromatic nitrogens is 1. The van der Waals surface area contributed by atoms with Gasteiger partial charge in [0.25, 0.3) is 0 Å². The van der Waals surface area contributed by atoms with Gasteiger partial charge in [-0.05, 0) is 30.7 Å². The topological polar surface area (TPSA) is 22.1 Å². The Balaban J connectivity index is 2.42. The molecule has 1 heterocycles. The van der Waals surface area contributed by atoms with Crippen molar-refractivity contribution < 1.29 is 4.74 Å². The van der Waals surface area contributed by atoms with Crippen LogP contribution in [0.25, 0.3) is 11.3 Å². The maximum absolute atomic E-state index is 5.79. The van der Waals surface area contributed by atoms with E-state index in [9.17, 15) is 0 Å². The Kier molecular flexibility index (Phi) is 2.93. The van der Waals surface area contributed by atoms with Crippen molar-refractivity contribution in [2.75, 3.05) is 7.11 Å². The summed E-state index contributed by atoms with van der Waals surface area (Å²) in [6, 6.07) is 5.97. The molecule has 2 aromatic rings. The molecule has 0 N–H and O–H groups in total. The third-order valence-corrected chi connectivity index (χ3v) is 3.15. The highest BCUT2D eigenvalue weighted by molar-refractivity contribution is 7.14. The van der Waals surface area contributed by atoms with Crippen LogP contribution in [0, 0.1) is 6.92 Å². The average molecular weight is 240 g/mol. The predicted octanol–water partition coefficient (Wildman–Crippen LogP) is 3.78. The first kappa shape index (κ1) is 10.5. The van der Waals surface area contributed by atoms with E-state index >= 15 is 0 Å². The highest BCUT2D eigenvalue weighted by Crippen LogP contribution is 2.28. The molecule has 78 valence electrons. The van der Waals surface area contributed by atoms with Crippen molar-refractivity contribution in [3.05, 3.63) is 33.6 Å². The van der Waals surface area contributed by atoms with E-state index in [1.807, 2.05) is 30.5 Å². The molecule has 15 heavy (non-hydrogen) atoms. The minimum Gasteiger partial charge on any atom is -0.496 e. The van der Waals surface area contributed by atoms with Gasteiger partial charge >= 0.3 is 0 Å². The second-order valence-electron chi connectivity index (χ2n) is 3.17. The number of benzene rings is 1. The van der Waals surface area contributed by atoms with Gasteiger partial charge in [-0.15, -0.1) is 11.3 Å². The molecule has 0 amide bonds. The van der Waals surface area contributed by atoms with Crippen LogP contribution < -0.4 is 4.74 Å². The molecule has 0 spiro atoms. The van der Waals surface area contributed by atoms with E-state index in [-0.39, 0.29) is 0 Å². The fourth-order valence-corrected chi connectivity index (χ4v) is 2.20. The Morgan fingerprint density at radius 1 is 1.40 bits per heavy atom. The van der Waals surface area contributed by atoms with Crippen LogP contribution in [0.5, 0.6) is 5.75 Å². The number of halogens is 1. The van der Waals surface area contributed by atoms with E-state index in [1.165, 1.54) is 11.3 Å². The van der Waals surface area contributed by atoms with E-state index in [0.717, 1.165) is 22.6 Å². The summed E-state index contributed by atoms with van der Waals surface area (Å²) in [5.41, 5.74) is 3.08. The van der Waals surface area contributed by atoms with Gasteiger partial charge in [0.1, 0.15) is 5.75 Å². The van der Waals surface area contributed by atoms with Gasteiger partial charge < -0.3 is 4.74 Å². The molecule has 0 saturated heterocycles. The summed E-state index contributed by atoms with van der Waals surface area (Å²) in [7, 11) is 1.67. The normalized spacial score (nSPS) is 10.3. The molecule has 0 fully saturated rings. The monoisotopic (exact) mass is 239 g/mol. The second kappa shape index (κ2) is 4.21.